The summed E-state index contributed by atoms with van der Waals surface area (Å²) in [6.45, 7) is 0. The number of fused-ring (bicyclic) bond motifs is 2. The van der Waals surface area contributed by atoms with Crippen LogP contribution in [0.1, 0.15) is 5.56 Å². The van der Waals surface area contributed by atoms with Gasteiger partial charge < -0.3 is 14.7 Å². The second kappa shape index (κ2) is 4.31. The Morgan fingerprint density at radius 2 is 1.89 bits per heavy atom. The number of carbonyl (C=O) groups is 1. The Bertz CT molecular complexity index is 652. The van der Waals surface area contributed by atoms with Crippen molar-refractivity contribution in [2.24, 2.45) is 0 Å². The third-order valence-corrected chi connectivity index (χ3v) is 3.19. The molecule has 4 heteroatoms. The maximum absolute atomic E-state index is 10.7. The molecule has 0 aliphatic carbocycles. The Morgan fingerprint density at radius 1 is 1.16 bits per heavy atom. The van der Waals surface area contributed by atoms with E-state index in [1.165, 1.54) is 0 Å². The summed E-state index contributed by atoms with van der Waals surface area (Å²) in [6, 6.07) is 13.3. The van der Waals surface area contributed by atoms with Crippen molar-refractivity contribution in [1.82, 2.24) is 0 Å². The van der Waals surface area contributed by atoms with Gasteiger partial charge in [0.05, 0.1) is 17.8 Å². The molecule has 0 spiro atoms. The molecule has 0 aromatic heterocycles. The lowest BCUT2D eigenvalue weighted by Crippen LogP contribution is -2.15. The monoisotopic (exact) mass is 255 g/mol. The minimum Gasteiger partial charge on any atom is -0.481 e. The fourth-order valence-electron chi connectivity index (χ4n) is 2.27. The molecule has 0 radical (unpaired) electrons. The zero-order valence-electron chi connectivity index (χ0n) is 10.5. The Labute approximate surface area is 110 Å². The molecule has 0 amide bonds. The van der Waals surface area contributed by atoms with Crippen LogP contribution in [0.25, 0.3) is 0 Å². The number of para-hydroxylation sites is 2. The lowest BCUT2D eigenvalue weighted by Gasteiger charge is -2.29. The van der Waals surface area contributed by atoms with Crippen LogP contribution >= 0.6 is 0 Å². The highest BCUT2D eigenvalue weighted by Crippen LogP contribution is 2.45. The molecule has 4 nitrogen and oxygen atoms in total. The third kappa shape index (κ3) is 2.01. The van der Waals surface area contributed by atoms with Crippen LogP contribution in [0.15, 0.2) is 42.5 Å². The molecule has 0 bridgehead atoms. The molecule has 2 aromatic carbocycles. The number of hydrogen-bond donors (Lipinski definition) is 1. The van der Waals surface area contributed by atoms with Crippen molar-refractivity contribution in [2.45, 2.75) is 6.42 Å². The Kier molecular flexibility index (Phi) is 2.63. The molecular weight excluding hydrogens is 242 g/mol. The van der Waals surface area contributed by atoms with Gasteiger partial charge in [-0.25, -0.2) is 0 Å². The first kappa shape index (κ1) is 11.6. The predicted molar refractivity (Wildman–Crippen MR) is 72.4 cm³/mol. The van der Waals surface area contributed by atoms with Gasteiger partial charge in [-0.1, -0.05) is 18.2 Å². The van der Waals surface area contributed by atoms with E-state index in [0.717, 1.165) is 22.7 Å². The number of anilines is 2. The van der Waals surface area contributed by atoms with Gasteiger partial charge in [0.2, 0.25) is 0 Å². The van der Waals surface area contributed by atoms with Gasteiger partial charge in [-0.05, 0) is 29.8 Å². The molecule has 96 valence electrons. The summed E-state index contributed by atoms with van der Waals surface area (Å²) in [4.78, 5) is 12.8. The Morgan fingerprint density at radius 3 is 2.68 bits per heavy atom. The fraction of sp³-hybridized carbons (Fsp3) is 0.133. The second-order valence-electron chi connectivity index (χ2n) is 4.50. The van der Waals surface area contributed by atoms with Gasteiger partial charge in [-0.15, -0.1) is 0 Å². The van der Waals surface area contributed by atoms with Gasteiger partial charge in [0.15, 0.2) is 11.5 Å². The summed E-state index contributed by atoms with van der Waals surface area (Å²) in [5.74, 6) is 0.634. The first-order chi connectivity index (χ1) is 9.15. The van der Waals surface area contributed by atoms with Crippen LogP contribution in [-0.2, 0) is 11.2 Å². The van der Waals surface area contributed by atoms with Crippen LogP contribution in [-0.4, -0.2) is 18.1 Å². The minimum absolute atomic E-state index is 0.00199. The van der Waals surface area contributed by atoms with E-state index in [0.29, 0.717) is 5.75 Å². The molecule has 0 saturated carbocycles. The molecule has 1 N–H and O–H groups in total. The summed E-state index contributed by atoms with van der Waals surface area (Å²) in [7, 11) is 1.97. The molecular formula is C15H13NO3. The fourth-order valence-corrected chi connectivity index (χ4v) is 2.27. The van der Waals surface area contributed by atoms with Crippen molar-refractivity contribution in [3.05, 3.63) is 48.0 Å². The number of carboxylic acid groups (broad SMARTS) is 1. The van der Waals surface area contributed by atoms with Gasteiger partial charge in [0, 0.05) is 7.05 Å². The van der Waals surface area contributed by atoms with Gasteiger partial charge >= 0.3 is 5.97 Å². The summed E-state index contributed by atoms with van der Waals surface area (Å²) in [5, 5.41) is 8.83. The second-order valence-corrected chi connectivity index (χ2v) is 4.50. The summed E-state index contributed by atoms with van der Waals surface area (Å²) < 4.78 is 5.84. The molecule has 1 heterocycles. The highest BCUT2D eigenvalue weighted by molar-refractivity contribution is 5.78. The average molecular weight is 255 g/mol. The van der Waals surface area contributed by atoms with E-state index in [4.69, 9.17) is 9.84 Å². The number of carboxylic acids is 1. The number of hydrogen-bond acceptors (Lipinski definition) is 3. The van der Waals surface area contributed by atoms with Crippen molar-refractivity contribution >= 4 is 17.3 Å². The number of nitrogens with zero attached hydrogens (tertiary/aromatic N) is 1. The summed E-state index contributed by atoms with van der Waals surface area (Å²) >= 11 is 0. The molecule has 0 saturated heterocycles. The van der Waals surface area contributed by atoms with Crippen LogP contribution in [0.3, 0.4) is 0 Å². The first-order valence-corrected chi connectivity index (χ1v) is 6.00. The molecule has 3 rings (SSSR count). The van der Waals surface area contributed by atoms with E-state index in [1.807, 2.05) is 48.3 Å². The largest absolute Gasteiger partial charge is 0.481 e. The quantitative estimate of drug-likeness (QED) is 0.895. The maximum Gasteiger partial charge on any atom is 0.307 e. The van der Waals surface area contributed by atoms with Crippen LogP contribution < -0.4 is 9.64 Å². The molecule has 0 unspecified atom stereocenters. The minimum atomic E-state index is -0.843. The van der Waals surface area contributed by atoms with Crippen molar-refractivity contribution < 1.29 is 14.6 Å². The lowest BCUT2D eigenvalue weighted by atomic mass is 10.1. The van der Waals surface area contributed by atoms with Crippen molar-refractivity contribution in [1.29, 1.82) is 0 Å². The summed E-state index contributed by atoms with van der Waals surface area (Å²) in [5.41, 5.74) is 2.67. The molecule has 19 heavy (non-hydrogen) atoms. The Hall–Kier alpha value is -2.49. The standard InChI is InChI=1S/C15H13NO3/c1-16-11-4-2-3-5-13(11)19-14-8-10(9-15(17)18)6-7-12(14)16/h2-8H,9H2,1H3,(H,17,18). The first-order valence-electron chi connectivity index (χ1n) is 6.00. The number of rotatable bonds is 2. The van der Waals surface area contributed by atoms with Gasteiger partial charge in [0.1, 0.15) is 0 Å². The summed E-state index contributed by atoms with van der Waals surface area (Å²) in [6.07, 6.45) is 0.00199. The van der Waals surface area contributed by atoms with Crippen LogP contribution in [0.5, 0.6) is 11.5 Å². The van der Waals surface area contributed by atoms with E-state index in [1.54, 1.807) is 6.07 Å². The van der Waals surface area contributed by atoms with E-state index in [2.05, 4.69) is 0 Å². The number of benzene rings is 2. The topological polar surface area (TPSA) is 49.8 Å². The van der Waals surface area contributed by atoms with Crippen molar-refractivity contribution in [3.63, 3.8) is 0 Å². The van der Waals surface area contributed by atoms with E-state index in [9.17, 15) is 4.79 Å². The number of ether oxygens (including phenoxy) is 1. The van der Waals surface area contributed by atoms with Crippen LogP contribution in [0.2, 0.25) is 0 Å². The van der Waals surface area contributed by atoms with Crippen molar-refractivity contribution in [3.8, 4) is 11.5 Å². The van der Waals surface area contributed by atoms with Crippen LogP contribution in [0.4, 0.5) is 11.4 Å². The van der Waals surface area contributed by atoms with E-state index in [-0.39, 0.29) is 6.42 Å². The van der Waals surface area contributed by atoms with Gasteiger partial charge in [0.25, 0.3) is 0 Å². The average Bonchev–Trinajstić information content (AvgIpc) is 2.38. The SMILES string of the molecule is CN1c2ccccc2Oc2cc(CC(=O)O)ccc21. The lowest BCUT2D eigenvalue weighted by molar-refractivity contribution is -0.136. The number of aliphatic carboxylic acids is 1. The molecule has 1 aliphatic heterocycles. The normalized spacial score (nSPS) is 12.4. The molecule has 2 aromatic rings. The molecule has 0 fully saturated rings. The molecule has 0 atom stereocenters. The van der Waals surface area contributed by atoms with Crippen molar-refractivity contribution in [2.75, 3.05) is 11.9 Å². The zero-order chi connectivity index (χ0) is 13.4. The highest BCUT2D eigenvalue weighted by atomic mass is 16.5. The maximum atomic E-state index is 10.7. The van der Waals surface area contributed by atoms with Crippen LogP contribution in [0, 0.1) is 0 Å². The Balaban J connectivity index is 2.03. The highest BCUT2D eigenvalue weighted by Gasteiger charge is 2.21. The predicted octanol–water partition coefficient (Wildman–Crippen LogP) is 3.19. The van der Waals surface area contributed by atoms with E-state index >= 15 is 0 Å². The van der Waals surface area contributed by atoms with Gasteiger partial charge in [-0.2, -0.15) is 0 Å². The van der Waals surface area contributed by atoms with Gasteiger partial charge in [-0.3, -0.25) is 4.79 Å². The molecule has 1 aliphatic rings. The third-order valence-electron chi connectivity index (χ3n) is 3.19. The van der Waals surface area contributed by atoms with E-state index < -0.39 is 5.97 Å². The smallest absolute Gasteiger partial charge is 0.307 e. The zero-order valence-corrected chi connectivity index (χ0v) is 10.5.